The smallest absolute Gasteiger partial charge is 0.330 e. The van der Waals surface area contributed by atoms with Gasteiger partial charge in [-0.2, -0.15) is 0 Å². The van der Waals surface area contributed by atoms with Crippen LogP contribution in [0.3, 0.4) is 0 Å². The predicted molar refractivity (Wildman–Crippen MR) is 70.9 cm³/mol. The highest BCUT2D eigenvalue weighted by Gasteiger charge is 2.23. The number of carboxylic acid groups (broad SMARTS) is 1. The first kappa shape index (κ1) is 14.0. The lowest BCUT2D eigenvalue weighted by Crippen LogP contribution is -2.16. The maximum absolute atomic E-state index is 10.9. The SMILES string of the molecule is CC/C(C)=C1\C[C@H](C)CCC1/C=C(\C)C(=O)O. The van der Waals surface area contributed by atoms with Crippen LogP contribution in [0.2, 0.25) is 0 Å². The molecular weight excluding hydrogens is 212 g/mol. The van der Waals surface area contributed by atoms with Crippen molar-refractivity contribution < 1.29 is 9.90 Å². The summed E-state index contributed by atoms with van der Waals surface area (Å²) in [5, 5.41) is 8.96. The Morgan fingerprint density at radius 2 is 2.06 bits per heavy atom. The van der Waals surface area contributed by atoms with Crippen molar-refractivity contribution in [3.63, 3.8) is 0 Å². The van der Waals surface area contributed by atoms with Gasteiger partial charge in [0.15, 0.2) is 0 Å². The molecule has 0 aliphatic heterocycles. The second-order valence-electron chi connectivity index (χ2n) is 5.31. The molecule has 1 rings (SSSR count). The third-order valence-electron chi connectivity index (χ3n) is 3.85. The molecule has 17 heavy (non-hydrogen) atoms. The summed E-state index contributed by atoms with van der Waals surface area (Å²) in [5.41, 5.74) is 3.40. The molecule has 0 heterocycles. The molecule has 2 heteroatoms. The maximum Gasteiger partial charge on any atom is 0.330 e. The van der Waals surface area contributed by atoms with Gasteiger partial charge in [-0.1, -0.05) is 31.1 Å². The zero-order valence-electron chi connectivity index (χ0n) is 11.4. The van der Waals surface area contributed by atoms with Gasteiger partial charge in [0.2, 0.25) is 0 Å². The molecule has 1 unspecified atom stereocenters. The van der Waals surface area contributed by atoms with E-state index in [1.54, 1.807) is 6.92 Å². The van der Waals surface area contributed by atoms with Crippen LogP contribution in [0.1, 0.15) is 53.4 Å². The van der Waals surface area contributed by atoms with Gasteiger partial charge in [-0.3, -0.25) is 0 Å². The van der Waals surface area contributed by atoms with Crippen molar-refractivity contribution in [2.24, 2.45) is 11.8 Å². The molecule has 0 radical (unpaired) electrons. The van der Waals surface area contributed by atoms with Crippen LogP contribution in [0.25, 0.3) is 0 Å². The monoisotopic (exact) mass is 236 g/mol. The molecule has 0 saturated heterocycles. The average Bonchev–Trinajstić information content (AvgIpc) is 2.30. The highest BCUT2D eigenvalue weighted by molar-refractivity contribution is 5.85. The third kappa shape index (κ3) is 3.72. The van der Waals surface area contributed by atoms with Crippen molar-refractivity contribution in [3.05, 3.63) is 22.8 Å². The van der Waals surface area contributed by atoms with Gasteiger partial charge >= 0.3 is 5.97 Å². The fourth-order valence-corrected chi connectivity index (χ4v) is 2.54. The van der Waals surface area contributed by atoms with Crippen LogP contribution < -0.4 is 0 Å². The lowest BCUT2D eigenvalue weighted by Gasteiger charge is -2.29. The highest BCUT2D eigenvalue weighted by Crippen LogP contribution is 2.37. The molecule has 0 bridgehead atoms. The van der Waals surface area contributed by atoms with E-state index in [4.69, 9.17) is 5.11 Å². The number of aliphatic carboxylic acids is 1. The molecule has 1 fully saturated rings. The van der Waals surface area contributed by atoms with E-state index in [0.717, 1.165) is 25.2 Å². The Morgan fingerprint density at radius 1 is 1.41 bits per heavy atom. The van der Waals surface area contributed by atoms with E-state index in [1.807, 2.05) is 6.08 Å². The van der Waals surface area contributed by atoms with Crippen LogP contribution in [0.4, 0.5) is 0 Å². The topological polar surface area (TPSA) is 37.3 Å². The van der Waals surface area contributed by atoms with Gasteiger partial charge in [-0.15, -0.1) is 0 Å². The molecule has 0 aromatic heterocycles. The molecule has 2 atom stereocenters. The maximum atomic E-state index is 10.9. The molecule has 0 spiro atoms. The first-order valence-electron chi connectivity index (χ1n) is 6.55. The number of allylic oxidation sites excluding steroid dienone is 3. The van der Waals surface area contributed by atoms with Crippen molar-refractivity contribution in [1.82, 2.24) is 0 Å². The second kappa shape index (κ2) is 6.04. The van der Waals surface area contributed by atoms with E-state index in [9.17, 15) is 4.79 Å². The summed E-state index contributed by atoms with van der Waals surface area (Å²) >= 11 is 0. The van der Waals surface area contributed by atoms with Gasteiger partial charge in [0, 0.05) is 5.57 Å². The predicted octanol–water partition coefficient (Wildman–Crippen LogP) is 4.18. The molecule has 96 valence electrons. The van der Waals surface area contributed by atoms with Crippen molar-refractivity contribution in [2.45, 2.75) is 53.4 Å². The lowest BCUT2D eigenvalue weighted by atomic mass is 9.76. The molecule has 2 nitrogen and oxygen atoms in total. The Kier molecular flexibility index (Phi) is 4.98. The summed E-state index contributed by atoms with van der Waals surface area (Å²) in [5.74, 6) is 0.292. The lowest BCUT2D eigenvalue weighted by molar-refractivity contribution is -0.132. The van der Waals surface area contributed by atoms with E-state index < -0.39 is 5.97 Å². The molecule has 1 N–H and O–H groups in total. The second-order valence-corrected chi connectivity index (χ2v) is 5.31. The standard InChI is InChI=1S/C15H24O2/c1-5-11(3)14-8-10(2)6-7-13(14)9-12(4)15(16)17/h9-10,13H,5-8H2,1-4H3,(H,16,17)/b12-9+,14-11+/t10-,13?/m1/s1. The minimum atomic E-state index is -0.794. The van der Waals surface area contributed by atoms with E-state index in [2.05, 4.69) is 20.8 Å². The van der Waals surface area contributed by atoms with Crippen molar-refractivity contribution in [3.8, 4) is 0 Å². The quantitative estimate of drug-likeness (QED) is 0.589. The Balaban J connectivity index is 2.97. The summed E-state index contributed by atoms with van der Waals surface area (Å²) in [6.45, 7) is 8.34. The zero-order chi connectivity index (χ0) is 13.0. The highest BCUT2D eigenvalue weighted by atomic mass is 16.4. The van der Waals surface area contributed by atoms with E-state index in [-0.39, 0.29) is 0 Å². The van der Waals surface area contributed by atoms with Crippen LogP contribution in [0, 0.1) is 11.8 Å². The van der Waals surface area contributed by atoms with Crippen LogP contribution in [-0.2, 0) is 4.79 Å². The van der Waals surface area contributed by atoms with Crippen LogP contribution >= 0.6 is 0 Å². The van der Waals surface area contributed by atoms with Crippen LogP contribution in [0.15, 0.2) is 22.8 Å². The van der Waals surface area contributed by atoms with Gasteiger partial charge in [0.1, 0.15) is 0 Å². The number of hydrogen-bond acceptors (Lipinski definition) is 1. The van der Waals surface area contributed by atoms with E-state index >= 15 is 0 Å². The number of rotatable bonds is 3. The largest absolute Gasteiger partial charge is 0.478 e. The Morgan fingerprint density at radius 3 is 2.59 bits per heavy atom. The first-order valence-corrected chi connectivity index (χ1v) is 6.55. The molecule has 1 aliphatic rings. The fraction of sp³-hybridized carbons (Fsp3) is 0.667. The number of carbonyl (C=O) groups is 1. The summed E-state index contributed by atoms with van der Waals surface area (Å²) in [6, 6.07) is 0. The van der Waals surface area contributed by atoms with Crippen molar-refractivity contribution in [1.29, 1.82) is 0 Å². The van der Waals surface area contributed by atoms with E-state index in [1.165, 1.54) is 17.6 Å². The molecule has 1 aliphatic carbocycles. The fourth-order valence-electron chi connectivity index (χ4n) is 2.54. The molecule has 0 aromatic rings. The van der Waals surface area contributed by atoms with Gasteiger partial charge in [-0.25, -0.2) is 4.79 Å². The first-order chi connectivity index (χ1) is 7.95. The van der Waals surface area contributed by atoms with Crippen molar-refractivity contribution in [2.75, 3.05) is 0 Å². The molecular formula is C15H24O2. The van der Waals surface area contributed by atoms with Crippen LogP contribution in [-0.4, -0.2) is 11.1 Å². The Bertz CT molecular complexity index is 350. The third-order valence-corrected chi connectivity index (χ3v) is 3.85. The Hall–Kier alpha value is -1.05. The number of hydrogen-bond donors (Lipinski definition) is 1. The number of carboxylic acids is 1. The summed E-state index contributed by atoms with van der Waals surface area (Å²) < 4.78 is 0. The minimum absolute atomic E-state index is 0.349. The van der Waals surface area contributed by atoms with Gasteiger partial charge in [0.25, 0.3) is 0 Å². The van der Waals surface area contributed by atoms with Gasteiger partial charge in [-0.05, 0) is 51.4 Å². The average molecular weight is 236 g/mol. The van der Waals surface area contributed by atoms with E-state index in [0.29, 0.717) is 11.5 Å². The zero-order valence-corrected chi connectivity index (χ0v) is 11.4. The van der Waals surface area contributed by atoms with Crippen LogP contribution in [0.5, 0.6) is 0 Å². The summed E-state index contributed by atoms with van der Waals surface area (Å²) in [4.78, 5) is 10.9. The Labute approximate surface area is 104 Å². The van der Waals surface area contributed by atoms with Crippen molar-refractivity contribution >= 4 is 5.97 Å². The minimum Gasteiger partial charge on any atom is -0.478 e. The van der Waals surface area contributed by atoms with Gasteiger partial charge in [0.05, 0.1) is 0 Å². The normalized spacial score (nSPS) is 29.1. The van der Waals surface area contributed by atoms with Gasteiger partial charge < -0.3 is 5.11 Å². The summed E-state index contributed by atoms with van der Waals surface area (Å²) in [7, 11) is 0. The molecule has 0 aromatic carbocycles. The summed E-state index contributed by atoms with van der Waals surface area (Å²) in [6.07, 6.45) is 6.45. The molecule has 0 amide bonds. The molecule has 1 saturated carbocycles.